The Hall–Kier alpha value is -2.34. The van der Waals surface area contributed by atoms with E-state index in [4.69, 9.17) is 0 Å². The Bertz CT molecular complexity index is 816. The third kappa shape index (κ3) is 3.76. The first kappa shape index (κ1) is 16.5. The van der Waals surface area contributed by atoms with E-state index in [0.29, 0.717) is 6.54 Å². The monoisotopic (exact) mass is 340 g/mol. The molecule has 0 aliphatic carbocycles. The average molecular weight is 340 g/mol. The normalized spacial score (nSPS) is 12.5. The summed E-state index contributed by atoms with van der Waals surface area (Å²) in [7, 11) is 0. The van der Waals surface area contributed by atoms with E-state index in [9.17, 15) is 4.79 Å². The molecule has 0 saturated heterocycles. The molecule has 1 atom stereocenters. The summed E-state index contributed by atoms with van der Waals surface area (Å²) in [6.45, 7) is 4.59. The molecule has 0 spiro atoms. The zero-order valence-electron chi connectivity index (χ0n) is 13.7. The Balaban J connectivity index is 1.71. The van der Waals surface area contributed by atoms with Gasteiger partial charge in [0.25, 0.3) is 0 Å². The van der Waals surface area contributed by atoms with Gasteiger partial charge in [0.15, 0.2) is 5.16 Å². The van der Waals surface area contributed by atoms with Crippen molar-refractivity contribution in [2.75, 3.05) is 0 Å². The number of aromatic nitrogens is 3. The maximum atomic E-state index is 12.6. The number of rotatable bonds is 6. The topological polar surface area (TPSA) is 59.3 Å². The highest BCUT2D eigenvalue weighted by atomic mass is 32.2. The maximum Gasteiger partial charge on any atom is 0.234 e. The van der Waals surface area contributed by atoms with Crippen molar-refractivity contribution in [3.63, 3.8) is 0 Å². The van der Waals surface area contributed by atoms with Crippen LogP contribution in [0.4, 0.5) is 0 Å². The minimum atomic E-state index is -0.201. The van der Waals surface area contributed by atoms with Crippen molar-refractivity contribution >= 4 is 23.2 Å². The Kier molecular flexibility index (Phi) is 5.15. The van der Waals surface area contributed by atoms with Crippen molar-refractivity contribution in [3.8, 4) is 0 Å². The van der Waals surface area contributed by atoms with Crippen molar-refractivity contribution in [1.29, 1.82) is 0 Å². The first-order chi connectivity index (χ1) is 11.6. The van der Waals surface area contributed by atoms with Gasteiger partial charge in [-0.1, -0.05) is 37.7 Å². The average Bonchev–Trinajstić information content (AvgIpc) is 3.01. The first-order valence-corrected chi connectivity index (χ1v) is 8.78. The number of thioether (sulfide) groups is 1. The Labute approximate surface area is 145 Å². The molecule has 0 fully saturated rings. The fourth-order valence-corrected chi connectivity index (χ4v) is 3.49. The quantitative estimate of drug-likeness (QED) is 0.700. The number of nitrogens with one attached hydrogen (secondary N) is 1. The molecule has 0 aromatic carbocycles. The van der Waals surface area contributed by atoms with Gasteiger partial charge in [-0.2, -0.15) is 0 Å². The molecule has 5 nitrogen and oxygen atoms in total. The van der Waals surface area contributed by atoms with Crippen LogP contribution in [-0.2, 0) is 11.3 Å². The van der Waals surface area contributed by atoms with E-state index in [1.54, 1.807) is 12.4 Å². The van der Waals surface area contributed by atoms with Crippen LogP contribution in [0.5, 0.6) is 0 Å². The van der Waals surface area contributed by atoms with Crippen molar-refractivity contribution in [1.82, 2.24) is 19.7 Å². The molecule has 0 radical (unpaired) electrons. The van der Waals surface area contributed by atoms with Gasteiger partial charge in [-0.3, -0.25) is 14.2 Å². The molecule has 3 rings (SSSR count). The minimum Gasteiger partial charge on any atom is -0.351 e. The van der Waals surface area contributed by atoms with E-state index in [2.05, 4.69) is 29.1 Å². The number of pyridine rings is 2. The largest absolute Gasteiger partial charge is 0.351 e. The minimum absolute atomic E-state index is 0.0199. The van der Waals surface area contributed by atoms with Gasteiger partial charge >= 0.3 is 0 Å². The molecule has 1 amide bonds. The molecule has 3 aromatic rings. The predicted molar refractivity (Wildman–Crippen MR) is 95.8 cm³/mol. The summed E-state index contributed by atoms with van der Waals surface area (Å²) in [4.78, 5) is 21.2. The second-order valence-electron chi connectivity index (χ2n) is 5.90. The van der Waals surface area contributed by atoms with E-state index >= 15 is 0 Å². The van der Waals surface area contributed by atoms with E-state index < -0.39 is 0 Å². The van der Waals surface area contributed by atoms with Crippen LogP contribution in [0.3, 0.4) is 0 Å². The Morgan fingerprint density at radius 3 is 2.88 bits per heavy atom. The number of carbonyl (C=O) groups is 1. The number of hydrogen-bond acceptors (Lipinski definition) is 4. The smallest absolute Gasteiger partial charge is 0.234 e. The molecular weight excluding hydrogens is 320 g/mol. The number of amides is 1. The summed E-state index contributed by atoms with van der Waals surface area (Å²) < 4.78 is 2.01. The van der Waals surface area contributed by atoms with Crippen LogP contribution in [0.25, 0.3) is 5.52 Å². The lowest BCUT2D eigenvalue weighted by Crippen LogP contribution is -2.35. The Morgan fingerprint density at radius 2 is 2.12 bits per heavy atom. The summed E-state index contributed by atoms with van der Waals surface area (Å²) in [6.07, 6.45) is 7.28. The number of hydrogen-bond donors (Lipinski definition) is 1. The third-order valence-corrected chi connectivity index (χ3v) is 5.22. The van der Waals surface area contributed by atoms with Gasteiger partial charge in [-0.15, -0.1) is 0 Å². The van der Waals surface area contributed by atoms with Crippen LogP contribution >= 0.6 is 11.8 Å². The summed E-state index contributed by atoms with van der Waals surface area (Å²) in [5.74, 6) is 0.214. The summed E-state index contributed by atoms with van der Waals surface area (Å²) in [5.41, 5.74) is 2.02. The molecule has 0 aliphatic heterocycles. The number of imidazole rings is 1. The van der Waals surface area contributed by atoms with Crippen molar-refractivity contribution < 1.29 is 4.79 Å². The highest BCUT2D eigenvalue weighted by Gasteiger charge is 2.25. The lowest BCUT2D eigenvalue weighted by Gasteiger charge is -2.19. The molecule has 0 bridgehead atoms. The summed E-state index contributed by atoms with van der Waals surface area (Å²) in [5, 5.41) is 3.64. The van der Waals surface area contributed by atoms with Crippen LogP contribution < -0.4 is 5.32 Å². The van der Waals surface area contributed by atoms with E-state index in [1.807, 2.05) is 47.1 Å². The fourth-order valence-electron chi connectivity index (χ4n) is 2.40. The van der Waals surface area contributed by atoms with Crippen LogP contribution in [0.1, 0.15) is 19.4 Å². The molecular formula is C18H20N4OS. The van der Waals surface area contributed by atoms with Crippen LogP contribution in [-0.4, -0.2) is 25.5 Å². The molecule has 1 N–H and O–H groups in total. The number of carbonyl (C=O) groups excluding carboxylic acids is 1. The number of fused-ring (bicyclic) bond motifs is 1. The van der Waals surface area contributed by atoms with Gasteiger partial charge in [0, 0.05) is 25.1 Å². The summed E-state index contributed by atoms with van der Waals surface area (Å²) in [6, 6.07) is 9.77. The molecule has 24 heavy (non-hydrogen) atoms. The van der Waals surface area contributed by atoms with E-state index in [1.165, 1.54) is 11.8 Å². The van der Waals surface area contributed by atoms with Crippen LogP contribution in [0, 0.1) is 5.92 Å². The van der Waals surface area contributed by atoms with Gasteiger partial charge in [-0.25, -0.2) is 4.98 Å². The van der Waals surface area contributed by atoms with Gasteiger partial charge < -0.3 is 5.32 Å². The van der Waals surface area contributed by atoms with Crippen molar-refractivity contribution in [2.24, 2.45) is 5.92 Å². The standard InChI is InChI=1S/C18H20N4OS/c1-13(2)16(17(23)20-11-14-6-5-8-19-10-14)24-18-21-12-15-7-3-4-9-22(15)18/h3-10,12-13,16H,11H2,1-2H3,(H,20,23). The van der Waals surface area contributed by atoms with Gasteiger partial charge in [0.2, 0.25) is 5.91 Å². The lowest BCUT2D eigenvalue weighted by molar-refractivity contribution is -0.121. The predicted octanol–water partition coefficient (Wildman–Crippen LogP) is 3.16. The van der Waals surface area contributed by atoms with Gasteiger partial charge in [0.05, 0.1) is 17.0 Å². The SMILES string of the molecule is CC(C)C(Sc1ncc2ccccn12)C(=O)NCc1cccnc1. The van der Waals surface area contributed by atoms with Crippen LogP contribution in [0.2, 0.25) is 0 Å². The highest BCUT2D eigenvalue weighted by molar-refractivity contribution is 8.00. The highest BCUT2D eigenvalue weighted by Crippen LogP contribution is 2.28. The molecule has 0 aliphatic rings. The third-order valence-electron chi connectivity index (χ3n) is 3.69. The van der Waals surface area contributed by atoms with Gasteiger partial charge in [-0.05, 0) is 29.7 Å². The molecule has 3 aromatic heterocycles. The molecule has 0 saturated carbocycles. The summed E-state index contributed by atoms with van der Waals surface area (Å²) >= 11 is 1.50. The van der Waals surface area contributed by atoms with E-state index in [0.717, 1.165) is 16.2 Å². The maximum absolute atomic E-state index is 12.6. The fraction of sp³-hybridized carbons (Fsp3) is 0.278. The number of nitrogens with zero attached hydrogens (tertiary/aromatic N) is 3. The van der Waals surface area contributed by atoms with E-state index in [-0.39, 0.29) is 17.1 Å². The molecule has 3 heterocycles. The van der Waals surface area contributed by atoms with Crippen molar-refractivity contribution in [2.45, 2.75) is 30.8 Å². The Morgan fingerprint density at radius 1 is 1.25 bits per heavy atom. The lowest BCUT2D eigenvalue weighted by atomic mass is 10.1. The molecule has 124 valence electrons. The molecule has 1 unspecified atom stereocenters. The zero-order valence-corrected chi connectivity index (χ0v) is 14.5. The second kappa shape index (κ2) is 7.49. The van der Waals surface area contributed by atoms with Crippen LogP contribution in [0.15, 0.2) is 60.3 Å². The van der Waals surface area contributed by atoms with Crippen molar-refractivity contribution in [3.05, 3.63) is 60.7 Å². The zero-order chi connectivity index (χ0) is 16.9. The molecule has 6 heteroatoms. The first-order valence-electron chi connectivity index (χ1n) is 7.90. The van der Waals surface area contributed by atoms with Gasteiger partial charge in [0.1, 0.15) is 0 Å². The second-order valence-corrected chi connectivity index (χ2v) is 7.01.